The standard InChI is InChI=1S/C15H26BrNO/c16-14-7-3-6-13(10-14)11-17-15(18)9-8-12-4-1-2-5-12/h12-14H,1-11H2,(H,17,18). The second-order valence-corrected chi connectivity index (χ2v) is 7.42. The average Bonchev–Trinajstić information content (AvgIpc) is 2.87. The lowest BCUT2D eigenvalue weighted by Gasteiger charge is -2.25. The number of amides is 1. The van der Waals surface area contributed by atoms with Gasteiger partial charge in [-0.3, -0.25) is 4.79 Å². The van der Waals surface area contributed by atoms with E-state index in [0.717, 1.165) is 25.3 Å². The highest BCUT2D eigenvalue weighted by Crippen LogP contribution is 2.29. The van der Waals surface area contributed by atoms with Gasteiger partial charge in [-0.1, -0.05) is 48.0 Å². The van der Waals surface area contributed by atoms with E-state index in [9.17, 15) is 4.79 Å². The average molecular weight is 316 g/mol. The zero-order valence-electron chi connectivity index (χ0n) is 11.3. The maximum absolute atomic E-state index is 11.8. The van der Waals surface area contributed by atoms with Crippen molar-refractivity contribution in [3.63, 3.8) is 0 Å². The van der Waals surface area contributed by atoms with Gasteiger partial charge < -0.3 is 5.32 Å². The quantitative estimate of drug-likeness (QED) is 0.763. The maximum Gasteiger partial charge on any atom is 0.220 e. The second-order valence-electron chi connectivity index (χ2n) is 6.12. The van der Waals surface area contributed by atoms with Gasteiger partial charge >= 0.3 is 0 Å². The van der Waals surface area contributed by atoms with Gasteiger partial charge in [0.25, 0.3) is 0 Å². The van der Waals surface area contributed by atoms with Gasteiger partial charge in [-0.2, -0.15) is 0 Å². The predicted octanol–water partition coefficient (Wildman–Crippen LogP) is 4.03. The molecule has 2 rings (SSSR count). The molecular weight excluding hydrogens is 290 g/mol. The topological polar surface area (TPSA) is 29.1 Å². The van der Waals surface area contributed by atoms with Crippen LogP contribution in [0.25, 0.3) is 0 Å². The van der Waals surface area contributed by atoms with E-state index < -0.39 is 0 Å². The van der Waals surface area contributed by atoms with Crippen molar-refractivity contribution >= 4 is 21.8 Å². The van der Waals surface area contributed by atoms with Crippen LogP contribution in [-0.2, 0) is 4.79 Å². The maximum atomic E-state index is 11.8. The minimum absolute atomic E-state index is 0.276. The molecule has 2 aliphatic rings. The Hall–Kier alpha value is -0.0500. The monoisotopic (exact) mass is 315 g/mol. The number of nitrogens with one attached hydrogen (secondary N) is 1. The molecule has 0 aromatic carbocycles. The SMILES string of the molecule is O=C(CCC1CCCC1)NCC1CCCC(Br)C1. The van der Waals surface area contributed by atoms with E-state index in [-0.39, 0.29) is 5.91 Å². The third-order valence-corrected chi connectivity index (χ3v) is 5.39. The number of carbonyl (C=O) groups is 1. The van der Waals surface area contributed by atoms with Crippen LogP contribution in [0, 0.1) is 11.8 Å². The Kier molecular flexibility index (Phi) is 6.00. The molecule has 0 aliphatic heterocycles. The van der Waals surface area contributed by atoms with Crippen molar-refractivity contribution in [3.8, 4) is 0 Å². The fourth-order valence-electron chi connectivity index (χ4n) is 3.39. The largest absolute Gasteiger partial charge is 0.356 e. The minimum atomic E-state index is 0.276. The van der Waals surface area contributed by atoms with Gasteiger partial charge in [-0.15, -0.1) is 0 Å². The van der Waals surface area contributed by atoms with E-state index in [1.165, 1.54) is 51.4 Å². The van der Waals surface area contributed by atoms with Crippen molar-refractivity contribution < 1.29 is 4.79 Å². The molecule has 2 unspecified atom stereocenters. The van der Waals surface area contributed by atoms with Crippen LogP contribution in [0.5, 0.6) is 0 Å². The summed E-state index contributed by atoms with van der Waals surface area (Å²) in [5, 5.41) is 3.14. The molecule has 0 spiro atoms. The summed E-state index contributed by atoms with van der Waals surface area (Å²) in [5.41, 5.74) is 0. The van der Waals surface area contributed by atoms with Crippen LogP contribution in [0.15, 0.2) is 0 Å². The van der Waals surface area contributed by atoms with Crippen molar-refractivity contribution in [1.82, 2.24) is 5.32 Å². The van der Waals surface area contributed by atoms with Gasteiger partial charge in [-0.25, -0.2) is 0 Å². The summed E-state index contributed by atoms with van der Waals surface area (Å²) in [7, 11) is 0. The van der Waals surface area contributed by atoms with Crippen molar-refractivity contribution in [2.24, 2.45) is 11.8 Å². The lowest BCUT2D eigenvalue weighted by molar-refractivity contribution is -0.121. The zero-order chi connectivity index (χ0) is 12.8. The molecule has 2 fully saturated rings. The second kappa shape index (κ2) is 7.52. The molecule has 2 saturated carbocycles. The molecule has 0 aromatic rings. The van der Waals surface area contributed by atoms with E-state index in [4.69, 9.17) is 0 Å². The predicted molar refractivity (Wildman–Crippen MR) is 78.9 cm³/mol. The molecule has 104 valence electrons. The van der Waals surface area contributed by atoms with E-state index in [1.54, 1.807) is 0 Å². The van der Waals surface area contributed by atoms with E-state index in [0.29, 0.717) is 10.7 Å². The summed E-state index contributed by atoms with van der Waals surface area (Å²) in [4.78, 5) is 12.5. The fraction of sp³-hybridized carbons (Fsp3) is 0.933. The van der Waals surface area contributed by atoms with Gasteiger partial charge in [0, 0.05) is 17.8 Å². The first-order chi connectivity index (χ1) is 8.74. The number of hydrogen-bond donors (Lipinski definition) is 1. The Labute approximate surface area is 119 Å². The summed E-state index contributed by atoms with van der Waals surface area (Å²) < 4.78 is 0. The Bertz CT molecular complexity index is 263. The molecule has 2 nitrogen and oxygen atoms in total. The minimum Gasteiger partial charge on any atom is -0.356 e. The van der Waals surface area contributed by atoms with Gasteiger partial charge in [0.2, 0.25) is 5.91 Å². The first-order valence-electron chi connectivity index (χ1n) is 7.65. The van der Waals surface area contributed by atoms with Crippen LogP contribution < -0.4 is 5.32 Å². The highest BCUT2D eigenvalue weighted by atomic mass is 79.9. The summed E-state index contributed by atoms with van der Waals surface area (Å²) >= 11 is 3.70. The highest BCUT2D eigenvalue weighted by molar-refractivity contribution is 9.09. The Morgan fingerprint density at radius 1 is 1.06 bits per heavy atom. The molecule has 2 aliphatic carbocycles. The van der Waals surface area contributed by atoms with Gasteiger partial charge in [0.15, 0.2) is 0 Å². The third-order valence-electron chi connectivity index (χ3n) is 4.56. The zero-order valence-corrected chi connectivity index (χ0v) is 12.9. The van der Waals surface area contributed by atoms with E-state index >= 15 is 0 Å². The number of hydrogen-bond acceptors (Lipinski definition) is 1. The third kappa shape index (κ3) is 4.91. The molecule has 0 aromatic heterocycles. The lowest BCUT2D eigenvalue weighted by atomic mass is 9.89. The van der Waals surface area contributed by atoms with Crippen LogP contribution in [0.1, 0.15) is 64.2 Å². The first-order valence-corrected chi connectivity index (χ1v) is 8.56. The van der Waals surface area contributed by atoms with E-state index in [1.807, 2.05) is 0 Å². The Balaban J connectivity index is 1.56. The summed E-state index contributed by atoms with van der Waals surface area (Å²) in [6, 6.07) is 0. The molecule has 0 bridgehead atoms. The van der Waals surface area contributed by atoms with E-state index in [2.05, 4.69) is 21.2 Å². The molecule has 1 N–H and O–H groups in total. The summed E-state index contributed by atoms with van der Waals surface area (Å²) in [6.45, 7) is 0.894. The summed E-state index contributed by atoms with van der Waals surface area (Å²) in [6.07, 6.45) is 12.4. The lowest BCUT2D eigenvalue weighted by Crippen LogP contribution is -2.32. The van der Waals surface area contributed by atoms with Crippen molar-refractivity contribution in [2.75, 3.05) is 6.54 Å². The smallest absolute Gasteiger partial charge is 0.220 e. The van der Waals surface area contributed by atoms with Crippen LogP contribution in [0.3, 0.4) is 0 Å². The fourth-order valence-corrected chi connectivity index (χ4v) is 4.24. The Morgan fingerprint density at radius 3 is 2.50 bits per heavy atom. The Morgan fingerprint density at radius 2 is 1.78 bits per heavy atom. The van der Waals surface area contributed by atoms with Gasteiger partial charge in [0.05, 0.1) is 0 Å². The molecule has 3 heteroatoms. The van der Waals surface area contributed by atoms with Crippen LogP contribution in [0.4, 0.5) is 0 Å². The molecule has 0 radical (unpaired) electrons. The molecule has 2 atom stereocenters. The number of rotatable bonds is 5. The molecule has 18 heavy (non-hydrogen) atoms. The van der Waals surface area contributed by atoms with Crippen LogP contribution in [0.2, 0.25) is 0 Å². The molecular formula is C15H26BrNO. The summed E-state index contributed by atoms with van der Waals surface area (Å²) in [5.74, 6) is 1.80. The molecule has 1 amide bonds. The van der Waals surface area contributed by atoms with Gasteiger partial charge in [0.1, 0.15) is 0 Å². The van der Waals surface area contributed by atoms with Crippen LogP contribution in [-0.4, -0.2) is 17.3 Å². The number of halogens is 1. The van der Waals surface area contributed by atoms with Gasteiger partial charge in [-0.05, 0) is 37.5 Å². The first kappa shape index (κ1) is 14.4. The number of alkyl halides is 1. The van der Waals surface area contributed by atoms with Crippen LogP contribution >= 0.6 is 15.9 Å². The van der Waals surface area contributed by atoms with Crippen molar-refractivity contribution in [1.29, 1.82) is 0 Å². The highest BCUT2D eigenvalue weighted by Gasteiger charge is 2.21. The molecule has 0 saturated heterocycles. The normalized spacial score (nSPS) is 29.4. The van der Waals surface area contributed by atoms with Crippen molar-refractivity contribution in [3.05, 3.63) is 0 Å². The van der Waals surface area contributed by atoms with Crippen molar-refractivity contribution in [2.45, 2.75) is 69.0 Å². The molecule has 0 heterocycles. The number of carbonyl (C=O) groups excluding carboxylic acids is 1.